The van der Waals surface area contributed by atoms with Crippen molar-refractivity contribution in [3.05, 3.63) is 26.6 Å². The molecule has 1 fully saturated rings. The Morgan fingerprint density at radius 3 is 2.80 bits per heavy atom. The first-order valence-corrected chi connectivity index (χ1v) is 9.90. The predicted octanol–water partition coefficient (Wildman–Crippen LogP) is 1.61. The molecule has 3 rings (SSSR count). The van der Waals surface area contributed by atoms with Crippen LogP contribution in [0.15, 0.2) is 4.79 Å². The van der Waals surface area contributed by atoms with Crippen LogP contribution >= 0.6 is 23.1 Å². The lowest BCUT2D eigenvalue weighted by Crippen LogP contribution is -2.54. The van der Waals surface area contributed by atoms with Crippen molar-refractivity contribution >= 4 is 45.2 Å². The second-order valence-electron chi connectivity index (χ2n) is 6.21. The van der Waals surface area contributed by atoms with E-state index in [0.717, 1.165) is 16.2 Å². The molecule has 1 aliphatic heterocycles. The van der Waals surface area contributed by atoms with Gasteiger partial charge in [-0.1, -0.05) is 0 Å². The van der Waals surface area contributed by atoms with Crippen LogP contribution < -0.4 is 10.9 Å². The highest BCUT2D eigenvalue weighted by molar-refractivity contribution is 7.99. The van der Waals surface area contributed by atoms with E-state index in [1.54, 1.807) is 0 Å². The van der Waals surface area contributed by atoms with Gasteiger partial charge in [0.2, 0.25) is 5.91 Å². The van der Waals surface area contributed by atoms with Gasteiger partial charge in [0, 0.05) is 23.5 Å². The summed E-state index contributed by atoms with van der Waals surface area (Å²) >= 11 is 2.98. The third kappa shape index (κ3) is 3.43. The minimum Gasteiger partial charge on any atom is -0.479 e. The predicted molar refractivity (Wildman–Crippen MR) is 98.5 cm³/mol. The lowest BCUT2D eigenvalue weighted by molar-refractivity contribution is -0.146. The number of nitrogens with one attached hydrogen (secondary N) is 2. The molecule has 1 unspecified atom stereocenters. The molecule has 1 aliphatic rings. The van der Waals surface area contributed by atoms with E-state index in [1.807, 2.05) is 13.8 Å². The number of thioether (sulfide) groups is 1. The third-order valence-electron chi connectivity index (χ3n) is 4.49. The highest BCUT2D eigenvalue weighted by Gasteiger charge is 2.43. The van der Waals surface area contributed by atoms with Crippen LogP contribution in [0.2, 0.25) is 0 Å². The monoisotopic (exact) mass is 381 g/mol. The van der Waals surface area contributed by atoms with Gasteiger partial charge in [-0.05, 0) is 31.6 Å². The van der Waals surface area contributed by atoms with E-state index in [4.69, 9.17) is 0 Å². The number of carbonyl (C=O) groups excluding carboxylic acids is 1. The Balaban J connectivity index is 1.71. The molecule has 0 aliphatic carbocycles. The maximum Gasteiger partial charge on any atom is 0.330 e. The van der Waals surface area contributed by atoms with E-state index in [1.165, 1.54) is 23.1 Å². The number of hydrogen-bond acceptors (Lipinski definition) is 6. The van der Waals surface area contributed by atoms with Gasteiger partial charge in [-0.3, -0.25) is 9.59 Å². The average Bonchev–Trinajstić information content (AvgIpc) is 3.12. The summed E-state index contributed by atoms with van der Waals surface area (Å²) in [7, 11) is 0. The number of carbonyl (C=O) groups is 2. The summed E-state index contributed by atoms with van der Waals surface area (Å²) in [6, 6.07) is 0. The topological polar surface area (TPSA) is 112 Å². The number of aromatic amines is 1. The molecular weight excluding hydrogens is 362 g/mol. The van der Waals surface area contributed by atoms with Gasteiger partial charge in [0.25, 0.3) is 5.56 Å². The zero-order chi connectivity index (χ0) is 18.2. The van der Waals surface area contributed by atoms with Gasteiger partial charge in [-0.15, -0.1) is 11.3 Å². The lowest BCUT2D eigenvalue weighted by atomic mass is 9.99. The van der Waals surface area contributed by atoms with Crippen molar-refractivity contribution in [3.63, 3.8) is 0 Å². The first-order valence-electron chi connectivity index (χ1n) is 7.93. The molecule has 134 valence electrons. The van der Waals surface area contributed by atoms with Crippen LogP contribution in [-0.4, -0.2) is 44.0 Å². The maximum atomic E-state index is 12.2. The van der Waals surface area contributed by atoms with E-state index < -0.39 is 11.5 Å². The molecule has 2 aromatic heterocycles. The SMILES string of the molecule is Cc1sc2nc(CCC(=O)NC3(C(=O)O)CCSC3)[nH]c(=O)c2c1C. The molecular formula is C16H19N3O4S2. The maximum absolute atomic E-state index is 12.2. The lowest BCUT2D eigenvalue weighted by Gasteiger charge is -2.24. The van der Waals surface area contributed by atoms with Gasteiger partial charge in [-0.25, -0.2) is 9.78 Å². The molecule has 1 saturated heterocycles. The van der Waals surface area contributed by atoms with E-state index in [0.29, 0.717) is 28.2 Å². The molecule has 3 heterocycles. The van der Waals surface area contributed by atoms with Crippen LogP contribution in [0.4, 0.5) is 0 Å². The van der Waals surface area contributed by atoms with Crippen LogP contribution in [0, 0.1) is 13.8 Å². The number of hydrogen-bond donors (Lipinski definition) is 3. The summed E-state index contributed by atoms with van der Waals surface area (Å²) in [5, 5.41) is 12.6. The Hall–Kier alpha value is -1.87. The zero-order valence-electron chi connectivity index (χ0n) is 14.0. The molecule has 1 atom stereocenters. The quantitative estimate of drug-likeness (QED) is 0.725. The fourth-order valence-corrected chi connectivity index (χ4v) is 5.24. The summed E-state index contributed by atoms with van der Waals surface area (Å²) in [5.74, 6) is 0.200. The summed E-state index contributed by atoms with van der Waals surface area (Å²) in [6.45, 7) is 3.84. The highest BCUT2D eigenvalue weighted by Crippen LogP contribution is 2.28. The van der Waals surface area contributed by atoms with Crippen LogP contribution in [0.5, 0.6) is 0 Å². The zero-order valence-corrected chi connectivity index (χ0v) is 15.6. The molecule has 25 heavy (non-hydrogen) atoms. The standard InChI is InChI=1S/C16H19N3O4S2/c1-8-9(2)25-14-12(8)13(21)17-10(18-14)3-4-11(20)19-16(15(22)23)5-6-24-7-16/h3-7H2,1-2H3,(H,19,20)(H,22,23)(H,17,18,21). The second kappa shape index (κ2) is 6.80. The summed E-state index contributed by atoms with van der Waals surface area (Å²) in [5.41, 5.74) is -0.439. The summed E-state index contributed by atoms with van der Waals surface area (Å²) in [6.07, 6.45) is 0.765. The molecule has 9 heteroatoms. The van der Waals surface area contributed by atoms with Gasteiger partial charge in [-0.2, -0.15) is 11.8 Å². The number of aromatic nitrogens is 2. The fraction of sp³-hybridized carbons (Fsp3) is 0.500. The molecule has 2 aromatic rings. The van der Waals surface area contributed by atoms with Crippen LogP contribution in [0.3, 0.4) is 0 Å². The minimum atomic E-state index is -1.17. The third-order valence-corrected chi connectivity index (χ3v) is 6.78. The van der Waals surface area contributed by atoms with Crippen LogP contribution in [0.25, 0.3) is 10.2 Å². The smallest absolute Gasteiger partial charge is 0.330 e. The summed E-state index contributed by atoms with van der Waals surface area (Å²) in [4.78, 5) is 44.8. The molecule has 0 radical (unpaired) electrons. The molecule has 0 bridgehead atoms. The van der Waals surface area contributed by atoms with Gasteiger partial charge in [0.1, 0.15) is 16.2 Å². The molecule has 1 amide bonds. The Kier molecular flexibility index (Phi) is 4.88. The number of nitrogens with zero attached hydrogens (tertiary/aromatic N) is 1. The first kappa shape index (κ1) is 17.9. The molecule has 0 saturated carbocycles. The summed E-state index contributed by atoms with van der Waals surface area (Å²) < 4.78 is 0. The number of amides is 1. The van der Waals surface area contributed by atoms with E-state index in [9.17, 15) is 19.5 Å². The molecule has 0 spiro atoms. The van der Waals surface area contributed by atoms with Crippen molar-refractivity contribution in [2.24, 2.45) is 0 Å². The van der Waals surface area contributed by atoms with Gasteiger partial charge < -0.3 is 15.4 Å². The normalized spacial score (nSPS) is 20.1. The number of rotatable bonds is 5. The number of aryl methyl sites for hydroxylation is 3. The molecule has 3 N–H and O–H groups in total. The van der Waals surface area contributed by atoms with E-state index >= 15 is 0 Å². The first-order chi connectivity index (χ1) is 11.8. The van der Waals surface area contributed by atoms with Gasteiger partial charge in [0.05, 0.1) is 5.39 Å². The Morgan fingerprint density at radius 2 is 2.16 bits per heavy atom. The number of carboxylic acid groups (broad SMARTS) is 1. The number of fused-ring (bicyclic) bond motifs is 1. The van der Waals surface area contributed by atoms with Crippen LogP contribution in [-0.2, 0) is 16.0 Å². The Bertz CT molecular complexity index is 897. The largest absolute Gasteiger partial charge is 0.479 e. The van der Waals surface area contributed by atoms with Crippen LogP contribution in [0.1, 0.15) is 29.1 Å². The van der Waals surface area contributed by atoms with Crippen molar-refractivity contribution in [1.82, 2.24) is 15.3 Å². The van der Waals surface area contributed by atoms with E-state index in [-0.39, 0.29) is 24.3 Å². The Morgan fingerprint density at radius 1 is 1.40 bits per heavy atom. The number of aliphatic carboxylic acids is 1. The van der Waals surface area contributed by atoms with Crippen molar-refractivity contribution < 1.29 is 14.7 Å². The van der Waals surface area contributed by atoms with Crippen molar-refractivity contribution in [2.45, 2.75) is 38.6 Å². The van der Waals surface area contributed by atoms with Crippen molar-refractivity contribution in [1.29, 1.82) is 0 Å². The van der Waals surface area contributed by atoms with Gasteiger partial charge in [0.15, 0.2) is 0 Å². The molecule has 7 nitrogen and oxygen atoms in total. The number of thiophene rings is 1. The van der Waals surface area contributed by atoms with Gasteiger partial charge >= 0.3 is 5.97 Å². The van der Waals surface area contributed by atoms with Crippen molar-refractivity contribution in [2.75, 3.05) is 11.5 Å². The number of H-pyrrole nitrogens is 1. The minimum absolute atomic E-state index is 0.0808. The second-order valence-corrected chi connectivity index (χ2v) is 8.52. The highest BCUT2D eigenvalue weighted by atomic mass is 32.2. The van der Waals surface area contributed by atoms with E-state index in [2.05, 4.69) is 15.3 Å². The number of carboxylic acids is 1. The average molecular weight is 381 g/mol. The van der Waals surface area contributed by atoms with Crippen molar-refractivity contribution in [3.8, 4) is 0 Å². The fourth-order valence-electron chi connectivity index (χ4n) is 2.86. The molecule has 0 aromatic carbocycles. The Labute approximate surface area is 152 Å².